The molecule has 102 valence electrons. The molecule has 1 aromatic carbocycles. The number of rotatable bonds is 4. The van der Waals surface area contributed by atoms with Crippen LogP contribution in [-0.4, -0.2) is 24.5 Å². The van der Waals surface area contributed by atoms with Crippen molar-refractivity contribution in [3.63, 3.8) is 0 Å². The summed E-state index contributed by atoms with van der Waals surface area (Å²) in [5.74, 6) is 0.508. The first-order valence-electron chi connectivity index (χ1n) is 5.94. The molecule has 19 heavy (non-hydrogen) atoms. The van der Waals surface area contributed by atoms with Gasteiger partial charge < -0.3 is 4.52 Å². The summed E-state index contributed by atoms with van der Waals surface area (Å²) in [7, 11) is 3.93. The first-order chi connectivity index (χ1) is 8.75. The number of carbonyl (C=O) groups excluding carboxylic acids is 1. The first-order valence-corrected chi connectivity index (χ1v) is 6.80. The zero-order chi connectivity index (χ0) is 14.6. The van der Waals surface area contributed by atoms with Gasteiger partial charge in [0.15, 0.2) is 5.78 Å². The van der Waals surface area contributed by atoms with Gasteiger partial charge in [0.2, 0.25) is 0 Å². The van der Waals surface area contributed by atoms with Crippen molar-refractivity contribution in [1.29, 1.82) is 5.26 Å². The molecule has 0 spiro atoms. The fraction of sp³-hybridized carbons (Fsp3) is 0.429. The lowest BCUT2D eigenvalue weighted by atomic mass is 9.86. The highest BCUT2D eigenvalue weighted by Crippen LogP contribution is 2.32. The van der Waals surface area contributed by atoms with Crippen LogP contribution in [0.25, 0.3) is 0 Å². The molecule has 0 saturated heterocycles. The van der Waals surface area contributed by atoms with E-state index in [1.807, 2.05) is 45.6 Å². The van der Waals surface area contributed by atoms with Gasteiger partial charge in [0, 0.05) is 5.41 Å². The van der Waals surface area contributed by atoms with Crippen LogP contribution in [0.3, 0.4) is 0 Å². The summed E-state index contributed by atoms with van der Waals surface area (Å²) < 4.78 is 7.53. The molecule has 5 heteroatoms. The highest BCUT2D eigenvalue weighted by molar-refractivity contribution is 7.29. The summed E-state index contributed by atoms with van der Waals surface area (Å²) >= 11 is 0. The maximum Gasteiger partial charge on any atom is 0.171 e. The molecule has 0 amide bonds. The molecule has 0 aliphatic carbocycles. The molecule has 0 aliphatic rings. The number of benzene rings is 1. The largest absolute Gasteiger partial charge is 0.460 e. The van der Waals surface area contributed by atoms with Crippen LogP contribution in [0.1, 0.15) is 36.7 Å². The standard InChI is InChI=1S/C14H19N2O2P/c1-14(2,3)13(17)11-8-10(9-15)6-7-12(11)18-19-16(4)5/h6-8,19H,1-5H3. The Bertz CT molecular complexity index is 513. The normalized spacial score (nSPS) is 11.8. The highest BCUT2D eigenvalue weighted by atomic mass is 31.1. The number of nitriles is 1. The van der Waals surface area contributed by atoms with Gasteiger partial charge in [0.1, 0.15) is 14.7 Å². The molecule has 0 heterocycles. The minimum absolute atomic E-state index is 0.0249. The van der Waals surface area contributed by atoms with Crippen LogP contribution in [0.15, 0.2) is 18.2 Å². The Balaban J connectivity index is 3.17. The SMILES string of the molecule is CN(C)POc1ccc(C#N)cc1C(=O)C(C)(C)C. The van der Waals surface area contributed by atoms with Gasteiger partial charge in [0.25, 0.3) is 0 Å². The lowest BCUT2D eigenvalue weighted by Gasteiger charge is -2.20. The second kappa shape index (κ2) is 6.14. The minimum atomic E-state index is -0.507. The van der Waals surface area contributed by atoms with Crippen molar-refractivity contribution >= 4 is 14.7 Å². The molecule has 0 aliphatic heterocycles. The molecule has 0 fully saturated rings. The van der Waals surface area contributed by atoms with E-state index in [1.54, 1.807) is 18.2 Å². The van der Waals surface area contributed by atoms with Crippen molar-refractivity contribution in [2.75, 3.05) is 14.1 Å². The Hall–Kier alpha value is -1.43. The van der Waals surface area contributed by atoms with E-state index in [4.69, 9.17) is 9.79 Å². The summed E-state index contributed by atoms with van der Waals surface area (Å²) in [4.78, 5) is 12.4. The summed E-state index contributed by atoms with van der Waals surface area (Å²) in [5, 5.41) is 8.95. The molecule has 0 saturated carbocycles. The maximum absolute atomic E-state index is 12.4. The molecule has 0 N–H and O–H groups in total. The summed E-state index contributed by atoms with van der Waals surface area (Å²) in [6.45, 7) is 5.56. The molecular formula is C14H19N2O2P. The predicted molar refractivity (Wildman–Crippen MR) is 77.6 cm³/mol. The van der Waals surface area contributed by atoms with Gasteiger partial charge in [-0.15, -0.1) is 0 Å². The van der Waals surface area contributed by atoms with Crippen LogP contribution in [0.5, 0.6) is 5.75 Å². The lowest BCUT2D eigenvalue weighted by Crippen LogP contribution is -2.21. The molecule has 1 unspecified atom stereocenters. The fourth-order valence-electron chi connectivity index (χ4n) is 1.41. The molecule has 1 atom stereocenters. The Kier molecular flexibility index (Phi) is 5.05. The van der Waals surface area contributed by atoms with Crippen molar-refractivity contribution in [2.24, 2.45) is 5.41 Å². The third-order valence-corrected chi connectivity index (χ3v) is 3.05. The van der Waals surface area contributed by atoms with E-state index < -0.39 is 5.41 Å². The van der Waals surface area contributed by atoms with Crippen LogP contribution in [0.2, 0.25) is 0 Å². The highest BCUT2D eigenvalue weighted by Gasteiger charge is 2.26. The summed E-state index contributed by atoms with van der Waals surface area (Å²) in [6.07, 6.45) is 0. The number of Topliss-reactive ketones (excluding diaryl/α,β-unsaturated/α-hetero) is 1. The number of nitrogens with zero attached hydrogens (tertiary/aromatic N) is 2. The van der Waals surface area contributed by atoms with E-state index in [-0.39, 0.29) is 14.7 Å². The van der Waals surface area contributed by atoms with Crippen LogP contribution >= 0.6 is 8.96 Å². The summed E-state index contributed by atoms with van der Waals surface area (Å²) in [6, 6.07) is 7.00. The maximum atomic E-state index is 12.4. The minimum Gasteiger partial charge on any atom is -0.460 e. The van der Waals surface area contributed by atoms with E-state index in [1.165, 1.54) is 0 Å². The molecule has 0 aromatic heterocycles. The first kappa shape index (κ1) is 15.6. The van der Waals surface area contributed by atoms with Gasteiger partial charge in [-0.3, -0.25) is 9.46 Å². The Labute approximate surface area is 116 Å². The fourth-order valence-corrected chi connectivity index (χ4v) is 1.87. The van der Waals surface area contributed by atoms with Crippen LogP contribution in [-0.2, 0) is 0 Å². The second-order valence-corrected chi connectivity index (χ2v) is 6.77. The molecule has 1 rings (SSSR count). The van der Waals surface area contributed by atoms with Crippen molar-refractivity contribution < 1.29 is 9.32 Å². The van der Waals surface area contributed by atoms with Crippen molar-refractivity contribution in [3.8, 4) is 11.8 Å². The van der Waals surface area contributed by atoms with Crippen molar-refractivity contribution in [2.45, 2.75) is 20.8 Å². The number of ketones is 1. The van der Waals surface area contributed by atoms with E-state index in [0.717, 1.165) is 0 Å². The second-order valence-electron chi connectivity index (χ2n) is 5.49. The number of carbonyl (C=O) groups is 1. The smallest absolute Gasteiger partial charge is 0.171 e. The van der Waals surface area contributed by atoms with Crippen molar-refractivity contribution in [1.82, 2.24) is 4.67 Å². The molecular weight excluding hydrogens is 259 g/mol. The lowest BCUT2D eigenvalue weighted by molar-refractivity contribution is 0.0856. The van der Waals surface area contributed by atoms with E-state index in [2.05, 4.69) is 0 Å². The third-order valence-electron chi connectivity index (χ3n) is 2.37. The Morgan fingerprint density at radius 3 is 2.47 bits per heavy atom. The average molecular weight is 278 g/mol. The van der Waals surface area contributed by atoms with E-state index >= 15 is 0 Å². The van der Waals surface area contributed by atoms with Gasteiger partial charge in [-0.1, -0.05) is 20.8 Å². The molecule has 1 aromatic rings. The predicted octanol–water partition coefficient (Wildman–Crippen LogP) is 3.24. The summed E-state index contributed by atoms with van der Waals surface area (Å²) in [5.41, 5.74) is 0.432. The van der Waals surface area contributed by atoms with Gasteiger partial charge in [-0.2, -0.15) is 5.26 Å². The third kappa shape index (κ3) is 4.31. The number of hydrogen-bond acceptors (Lipinski definition) is 4. The molecule has 0 bridgehead atoms. The number of hydrogen-bond donors (Lipinski definition) is 0. The van der Waals surface area contributed by atoms with E-state index in [0.29, 0.717) is 16.9 Å². The zero-order valence-corrected chi connectivity index (χ0v) is 12.9. The average Bonchev–Trinajstić information content (AvgIpc) is 2.34. The Morgan fingerprint density at radius 2 is 2.00 bits per heavy atom. The Morgan fingerprint density at radius 1 is 1.37 bits per heavy atom. The van der Waals surface area contributed by atoms with Gasteiger partial charge in [-0.25, -0.2) is 0 Å². The molecule has 4 nitrogen and oxygen atoms in total. The van der Waals surface area contributed by atoms with Crippen LogP contribution in [0, 0.1) is 16.7 Å². The quantitative estimate of drug-likeness (QED) is 0.626. The van der Waals surface area contributed by atoms with Gasteiger partial charge >= 0.3 is 0 Å². The topological polar surface area (TPSA) is 53.3 Å². The van der Waals surface area contributed by atoms with Crippen molar-refractivity contribution in [3.05, 3.63) is 29.3 Å². The monoisotopic (exact) mass is 278 g/mol. The van der Waals surface area contributed by atoms with E-state index in [9.17, 15) is 4.79 Å². The zero-order valence-electron chi connectivity index (χ0n) is 11.9. The molecule has 0 radical (unpaired) electrons. The van der Waals surface area contributed by atoms with Gasteiger partial charge in [0.05, 0.1) is 17.2 Å². The van der Waals surface area contributed by atoms with Crippen LogP contribution in [0.4, 0.5) is 0 Å². The van der Waals surface area contributed by atoms with Crippen LogP contribution < -0.4 is 4.52 Å². The van der Waals surface area contributed by atoms with Gasteiger partial charge in [-0.05, 0) is 32.3 Å².